The highest BCUT2D eigenvalue weighted by atomic mass is 35.5. The zero-order chi connectivity index (χ0) is 13.3. The second kappa shape index (κ2) is 5.00. The number of carbonyl (C=O) groups is 1. The summed E-state index contributed by atoms with van der Waals surface area (Å²) in [4.78, 5) is 10.8. The average molecular weight is 268 g/mol. The molecule has 0 saturated heterocycles. The molecule has 0 saturated carbocycles. The number of rotatable bonds is 4. The van der Waals surface area contributed by atoms with E-state index in [0.717, 1.165) is 22.0 Å². The van der Waals surface area contributed by atoms with E-state index in [1.165, 1.54) is 0 Å². The first kappa shape index (κ1) is 12.9. The lowest BCUT2D eigenvalue weighted by atomic mass is 10.1. The van der Waals surface area contributed by atoms with Crippen LogP contribution in [0.1, 0.15) is 11.1 Å². The van der Waals surface area contributed by atoms with Gasteiger partial charge in [-0.2, -0.15) is 0 Å². The minimum Gasteiger partial charge on any atom is -0.481 e. The number of aryl methyl sites for hydroxylation is 1. The molecular weight excluding hydrogens is 254 g/mol. The molecule has 0 aliphatic rings. The van der Waals surface area contributed by atoms with E-state index in [4.69, 9.17) is 21.8 Å². The number of aliphatic hydroxyl groups is 1. The van der Waals surface area contributed by atoms with Gasteiger partial charge in [0.15, 0.2) is 0 Å². The summed E-state index contributed by atoms with van der Waals surface area (Å²) in [5.74, 6) is -0.870. The molecule has 0 fully saturated rings. The predicted molar refractivity (Wildman–Crippen MR) is 70.1 cm³/mol. The summed E-state index contributed by atoms with van der Waals surface area (Å²) in [6.07, 6.45) is 1.74. The molecule has 1 heterocycles. The molecule has 0 spiro atoms. The van der Waals surface area contributed by atoms with E-state index in [2.05, 4.69) is 0 Å². The van der Waals surface area contributed by atoms with Crippen LogP contribution in [0.5, 0.6) is 0 Å². The highest BCUT2D eigenvalue weighted by Gasteiger charge is 2.14. The van der Waals surface area contributed by atoms with Crippen LogP contribution in [0.2, 0.25) is 5.02 Å². The van der Waals surface area contributed by atoms with Crippen molar-refractivity contribution in [2.75, 3.05) is 6.61 Å². The lowest BCUT2D eigenvalue weighted by molar-refractivity contribution is -0.136. The molecule has 4 nitrogen and oxygen atoms in total. The number of benzene rings is 1. The maximum absolute atomic E-state index is 10.8. The molecule has 1 aromatic carbocycles. The molecule has 2 rings (SSSR count). The van der Waals surface area contributed by atoms with Gasteiger partial charge in [-0.15, -0.1) is 0 Å². The maximum Gasteiger partial charge on any atom is 0.307 e. The summed E-state index contributed by atoms with van der Waals surface area (Å²) in [7, 11) is 0. The summed E-state index contributed by atoms with van der Waals surface area (Å²) in [5.41, 5.74) is 2.54. The van der Waals surface area contributed by atoms with E-state index < -0.39 is 5.97 Å². The smallest absolute Gasteiger partial charge is 0.307 e. The van der Waals surface area contributed by atoms with Crippen molar-refractivity contribution in [1.29, 1.82) is 0 Å². The van der Waals surface area contributed by atoms with Crippen LogP contribution in [0, 0.1) is 6.92 Å². The van der Waals surface area contributed by atoms with E-state index in [-0.39, 0.29) is 13.0 Å². The first-order valence-electron chi connectivity index (χ1n) is 5.64. The summed E-state index contributed by atoms with van der Waals surface area (Å²) >= 11 is 6.08. The van der Waals surface area contributed by atoms with Gasteiger partial charge in [0.05, 0.1) is 18.5 Å². The van der Waals surface area contributed by atoms with Gasteiger partial charge < -0.3 is 14.8 Å². The molecule has 0 amide bonds. The number of nitrogens with zero attached hydrogens (tertiary/aromatic N) is 1. The quantitative estimate of drug-likeness (QED) is 0.893. The number of carboxylic acids is 1. The Balaban J connectivity index is 2.67. The van der Waals surface area contributed by atoms with Crippen LogP contribution < -0.4 is 0 Å². The van der Waals surface area contributed by atoms with Gasteiger partial charge >= 0.3 is 5.97 Å². The van der Waals surface area contributed by atoms with Gasteiger partial charge in [-0.1, -0.05) is 17.7 Å². The van der Waals surface area contributed by atoms with Crippen LogP contribution >= 0.6 is 11.6 Å². The number of fused-ring (bicyclic) bond motifs is 1. The van der Waals surface area contributed by atoms with E-state index >= 15 is 0 Å². The van der Waals surface area contributed by atoms with Crippen LogP contribution in [0.15, 0.2) is 18.3 Å². The van der Waals surface area contributed by atoms with Gasteiger partial charge in [-0.05, 0) is 24.1 Å². The van der Waals surface area contributed by atoms with Gasteiger partial charge in [0, 0.05) is 23.2 Å². The largest absolute Gasteiger partial charge is 0.481 e. The first-order chi connectivity index (χ1) is 8.54. The summed E-state index contributed by atoms with van der Waals surface area (Å²) < 4.78 is 1.86. The van der Waals surface area contributed by atoms with E-state index in [0.29, 0.717) is 11.6 Å². The molecule has 0 bridgehead atoms. The number of aliphatic carboxylic acids is 1. The highest BCUT2D eigenvalue weighted by Crippen LogP contribution is 2.29. The number of aliphatic hydroxyl groups excluding tert-OH is 1. The second-order valence-electron chi connectivity index (χ2n) is 4.21. The van der Waals surface area contributed by atoms with Crippen molar-refractivity contribution in [2.24, 2.45) is 0 Å². The number of carboxylic acid groups (broad SMARTS) is 1. The summed E-state index contributed by atoms with van der Waals surface area (Å²) in [6.45, 7) is 2.32. The molecule has 0 aliphatic carbocycles. The Hall–Kier alpha value is -1.52. The molecule has 96 valence electrons. The van der Waals surface area contributed by atoms with E-state index in [1.807, 2.05) is 17.6 Å². The van der Waals surface area contributed by atoms with Crippen molar-refractivity contribution in [3.63, 3.8) is 0 Å². The Bertz CT molecular complexity index is 604. The third kappa shape index (κ3) is 2.21. The molecule has 0 atom stereocenters. The Kier molecular flexibility index (Phi) is 3.59. The summed E-state index contributed by atoms with van der Waals surface area (Å²) in [6, 6.07) is 3.60. The van der Waals surface area contributed by atoms with Crippen molar-refractivity contribution >= 4 is 28.5 Å². The van der Waals surface area contributed by atoms with Gasteiger partial charge in [-0.25, -0.2) is 0 Å². The van der Waals surface area contributed by atoms with Crippen molar-refractivity contribution in [1.82, 2.24) is 4.57 Å². The van der Waals surface area contributed by atoms with Gasteiger partial charge in [-0.3, -0.25) is 4.79 Å². The molecule has 18 heavy (non-hydrogen) atoms. The molecule has 2 aromatic rings. The van der Waals surface area contributed by atoms with Crippen LogP contribution in [0.3, 0.4) is 0 Å². The number of aromatic nitrogens is 1. The molecule has 1 aromatic heterocycles. The molecular formula is C13H14ClNO3. The highest BCUT2D eigenvalue weighted by molar-refractivity contribution is 6.32. The number of hydrogen-bond donors (Lipinski definition) is 2. The lowest BCUT2D eigenvalue weighted by Crippen LogP contribution is -2.02. The second-order valence-corrected chi connectivity index (χ2v) is 4.62. The van der Waals surface area contributed by atoms with Gasteiger partial charge in [0.25, 0.3) is 0 Å². The fourth-order valence-electron chi connectivity index (χ4n) is 2.21. The molecule has 5 heteroatoms. The monoisotopic (exact) mass is 267 g/mol. The van der Waals surface area contributed by atoms with Crippen molar-refractivity contribution in [3.8, 4) is 0 Å². The third-order valence-electron chi connectivity index (χ3n) is 2.99. The van der Waals surface area contributed by atoms with Crippen LogP contribution in [0.4, 0.5) is 0 Å². The Morgan fingerprint density at radius 2 is 2.17 bits per heavy atom. The molecule has 0 radical (unpaired) electrons. The summed E-state index contributed by atoms with van der Waals surface area (Å²) in [5, 5.41) is 19.5. The predicted octanol–water partition coefficient (Wildman–Crippen LogP) is 2.22. The van der Waals surface area contributed by atoms with E-state index in [1.54, 1.807) is 12.3 Å². The third-order valence-corrected chi connectivity index (χ3v) is 3.40. The molecule has 0 unspecified atom stereocenters. The number of halogens is 1. The van der Waals surface area contributed by atoms with Gasteiger partial charge in [0.2, 0.25) is 0 Å². The molecule has 0 aliphatic heterocycles. The van der Waals surface area contributed by atoms with Crippen LogP contribution in [-0.4, -0.2) is 27.4 Å². The molecule has 2 N–H and O–H groups in total. The fraction of sp³-hybridized carbons (Fsp3) is 0.308. The average Bonchev–Trinajstić information content (AvgIpc) is 2.62. The minimum atomic E-state index is -0.870. The SMILES string of the molecule is Cc1c(Cl)ccc2c(CC(=O)O)cn(CCO)c12. The normalized spacial score (nSPS) is 11.1. The van der Waals surface area contributed by atoms with Crippen LogP contribution in [-0.2, 0) is 17.8 Å². The van der Waals surface area contributed by atoms with Crippen molar-refractivity contribution in [3.05, 3.63) is 34.5 Å². The Labute approximate surface area is 109 Å². The zero-order valence-electron chi connectivity index (χ0n) is 9.98. The zero-order valence-corrected chi connectivity index (χ0v) is 10.7. The fourth-order valence-corrected chi connectivity index (χ4v) is 2.37. The van der Waals surface area contributed by atoms with Gasteiger partial charge in [0.1, 0.15) is 0 Å². The lowest BCUT2D eigenvalue weighted by Gasteiger charge is -2.06. The minimum absolute atomic E-state index is 0.00223. The number of hydrogen-bond acceptors (Lipinski definition) is 2. The Morgan fingerprint density at radius 3 is 2.78 bits per heavy atom. The standard InChI is InChI=1S/C13H14ClNO3/c1-8-11(14)3-2-10-9(6-12(17)18)7-15(4-5-16)13(8)10/h2-3,7,16H,4-6H2,1H3,(H,17,18). The van der Waals surface area contributed by atoms with Crippen LogP contribution in [0.25, 0.3) is 10.9 Å². The topological polar surface area (TPSA) is 62.5 Å². The Morgan fingerprint density at radius 1 is 1.44 bits per heavy atom. The maximum atomic E-state index is 10.8. The van der Waals surface area contributed by atoms with E-state index in [9.17, 15) is 4.79 Å². The van der Waals surface area contributed by atoms with Crippen molar-refractivity contribution < 1.29 is 15.0 Å². The first-order valence-corrected chi connectivity index (χ1v) is 6.02. The van der Waals surface area contributed by atoms with Crippen molar-refractivity contribution in [2.45, 2.75) is 19.9 Å².